The van der Waals surface area contributed by atoms with Crippen LogP contribution in [0.25, 0.3) is 0 Å². The molecule has 0 fully saturated rings. The monoisotopic (exact) mass is 305 g/mol. The third kappa shape index (κ3) is 6.02. The van der Waals surface area contributed by atoms with E-state index in [9.17, 15) is 0 Å². The lowest BCUT2D eigenvalue weighted by molar-refractivity contribution is 0.200. The van der Waals surface area contributed by atoms with Crippen molar-refractivity contribution in [1.29, 1.82) is 0 Å². The van der Waals surface area contributed by atoms with Crippen molar-refractivity contribution in [2.45, 2.75) is 39.3 Å². The summed E-state index contributed by atoms with van der Waals surface area (Å²) in [5.74, 6) is 1.51. The molecule has 0 spiro atoms. The largest absolute Gasteiger partial charge is 0.355 e. The van der Waals surface area contributed by atoms with Crippen molar-refractivity contribution in [2.24, 2.45) is 10.9 Å². The standard InChI is InChI=1S/C17H31N5/c1-6-14(7-2)16(22(4)5)13-21-17(18-3)20-12-15-10-8-9-11-19-15/h8-11,14,16H,6-7,12-13H2,1-5H3,(H2,18,20,21). The zero-order valence-corrected chi connectivity index (χ0v) is 14.6. The van der Waals surface area contributed by atoms with Crippen molar-refractivity contribution in [3.63, 3.8) is 0 Å². The van der Waals surface area contributed by atoms with Crippen LogP contribution in [0.15, 0.2) is 29.4 Å². The Morgan fingerprint density at radius 1 is 1.23 bits per heavy atom. The van der Waals surface area contributed by atoms with Gasteiger partial charge in [-0.1, -0.05) is 32.8 Å². The van der Waals surface area contributed by atoms with Gasteiger partial charge in [0.15, 0.2) is 5.96 Å². The topological polar surface area (TPSA) is 52.6 Å². The van der Waals surface area contributed by atoms with Crippen LogP contribution in [0, 0.1) is 5.92 Å². The molecule has 1 heterocycles. The summed E-state index contributed by atoms with van der Waals surface area (Å²) in [7, 11) is 6.10. The lowest BCUT2D eigenvalue weighted by atomic mass is 9.93. The van der Waals surface area contributed by atoms with E-state index in [1.807, 2.05) is 24.4 Å². The summed E-state index contributed by atoms with van der Waals surface area (Å²) in [5.41, 5.74) is 1.01. The molecular weight excluding hydrogens is 274 g/mol. The predicted molar refractivity (Wildman–Crippen MR) is 94.0 cm³/mol. The molecule has 5 nitrogen and oxygen atoms in total. The fourth-order valence-electron chi connectivity index (χ4n) is 2.70. The average Bonchev–Trinajstić information content (AvgIpc) is 2.54. The van der Waals surface area contributed by atoms with Gasteiger partial charge in [0.05, 0.1) is 12.2 Å². The zero-order chi connectivity index (χ0) is 16.4. The highest BCUT2D eigenvalue weighted by atomic mass is 15.2. The van der Waals surface area contributed by atoms with Gasteiger partial charge >= 0.3 is 0 Å². The Morgan fingerprint density at radius 3 is 2.45 bits per heavy atom. The van der Waals surface area contributed by atoms with E-state index >= 15 is 0 Å². The van der Waals surface area contributed by atoms with Crippen LogP contribution in [-0.2, 0) is 6.54 Å². The van der Waals surface area contributed by atoms with E-state index in [-0.39, 0.29) is 0 Å². The van der Waals surface area contributed by atoms with Gasteiger partial charge in [0.1, 0.15) is 0 Å². The maximum absolute atomic E-state index is 4.31. The third-order valence-electron chi connectivity index (χ3n) is 4.12. The summed E-state index contributed by atoms with van der Waals surface area (Å²) in [6.07, 6.45) is 4.20. The average molecular weight is 305 g/mol. The molecule has 1 aromatic rings. The number of nitrogens with one attached hydrogen (secondary N) is 2. The molecule has 0 saturated heterocycles. The van der Waals surface area contributed by atoms with Crippen LogP contribution in [0.3, 0.4) is 0 Å². The summed E-state index contributed by atoms with van der Waals surface area (Å²) in [4.78, 5) is 10.9. The molecule has 1 atom stereocenters. The van der Waals surface area contributed by atoms with Crippen LogP contribution in [0.4, 0.5) is 0 Å². The number of aromatic nitrogens is 1. The Labute approximate surface area is 135 Å². The Bertz CT molecular complexity index is 426. The van der Waals surface area contributed by atoms with Gasteiger partial charge in [-0.3, -0.25) is 9.98 Å². The first-order valence-corrected chi connectivity index (χ1v) is 8.13. The second kappa shape index (κ2) is 10.2. The highest BCUT2D eigenvalue weighted by molar-refractivity contribution is 5.79. The SMILES string of the molecule is CCC(CC)C(CNC(=NC)NCc1ccccn1)N(C)C. The molecular formula is C17H31N5. The highest BCUT2D eigenvalue weighted by Gasteiger charge is 2.20. The van der Waals surface area contributed by atoms with Crippen molar-refractivity contribution in [2.75, 3.05) is 27.7 Å². The number of hydrogen-bond acceptors (Lipinski definition) is 3. The molecule has 0 aliphatic heterocycles. The zero-order valence-electron chi connectivity index (χ0n) is 14.6. The third-order valence-corrected chi connectivity index (χ3v) is 4.12. The van der Waals surface area contributed by atoms with E-state index in [2.05, 4.69) is 53.5 Å². The highest BCUT2D eigenvalue weighted by Crippen LogP contribution is 2.16. The van der Waals surface area contributed by atoms with Crippen molar-refractivity contribution in [3.8, 4) is 0 Å². The lowest BCUT2D eigenvalue weighted by Gasteiger charge is -2.32. The normalized spacial score (nSPS) is 13.5. The van der Waals surface area contributed by atoms with E-state index in [1.165, 1.54) is 12.8 Å². The maximum Gasteiger partial charge on any atom is 0.191 e. The van der Waals surface area contributed by atoms with Gasteiger partial charge in [-0.15, -0.1) is 0 Å². The summed E-state index contributed by atoms with van der Waals surface area (Å²) in [6, 6.07) is 6.43. The minimum Gasteiger partial charge on any atom is -0.355 e. The first-order chi connectivity index (χ1) is 10.6. The first kappa shape index (κ1) is 18.4. The van der Waals surface area contributed by atoms with Crippen molar-refractivity contribution >= 4 is 5.96 Å². The van der Waals surface area contributed by atoms with Gasteiger partial charge in [0, 0.05) is 25.8 Å². The second-order valence-electron chi connectivity index (χ2n) is 5.74. The molecule has 0 saturated carbocycles. The summed E-state index contributed by atoms with van der Waals surface area (Å²) >= 11 is 0. The number of hydrogen-bond donors (Lipinski definition) is 2. The molecule has 0 bridgehead atoms. The summed E-state index contributed by atoms with van der Waals surface area (Å²) in [5, 5.41) is 6.75. The number of rotatable bonds is 8. The molecule has 1 rings (SSSR count). The van der Waals surface area contributed by atoms with Gasteiger partial charge in [0.2, 0.25) is 0 Å². The molecule has 0 aliphatic carbocycles. The van der Waals surface area contributed by atoms with E-state index in [4.69, 9.17) is 0 Å². The predicted octanol–water partition coefficient (Wildman–Crippen LogP) is 2.11. The van der Waals surface area contributed by atoms with Crippen molar-refractivity contribution in [3.05, 3.63) is 30.1 Å². The van der Waals surface area contributed by atoms with Crippen LogP contribution >= 0.6 is 0 Å². The fourth-order valence-corrected chi connectivity index (χ4v) is 2.70. The number of aliphatic imine (C=N–C) groups is 1. The minimum absolute atomic E-state index is 0.503. The molecule has 0 amide bonds. The number of likely N-dealkylation sites (N-methyl/N-ethyl adjacent to an activating group) is 1. The number of nitrogens with zero attached hydrogens (tertiary/aromatic N) is 3. The summed E-state index contributed by atoms with van der Waals surface area (Å²) < 4.78 is 0. The molecule has 1 unspecified atom stereocenters. The molecule has 0 aromatic carbocycles. The van der Waals surface area contributed by atoms with Crippen molar-refractivity contribution in [1.82, 2.24) is 20.5 Å². The molecule has 0 aliphatic rings. The molecule has 124 valence electrons. The smallest absolute Gasteiger partial charge is 0.191 e. The Hall–Kier alpha value is -1.62. The Kier molecular flexibility index (Phi) is 8.51. The summed E-state index contributed by atoms with van der Waals surface area (Å²) in [6.45, 7) is 6.09. The Morgan fingerprint density at radius 2 is 1.95 bits per heavy atom. The van der Waals surface area contributed by atoms with Gasteiger partial charge < -0.3 is 15.5 Å². The van der Waals surface area contributed by atoms with Gasteiger partial charge in [-0.2, -0.15) is 0 Å². The van der Waals surface area contributed by atoms with Gasteiger partial charge in [0.25, 0.3) is 0 Å². The minimum atomic E-state index is 0.503. The van der Waals surface area contributed by atoms with Crippen molar-refractivity contribution < 1.29 is 0 Å². The van der Waals surface area contributed by atoms with Gasteiger partial charge in [-0.05, 0) is 32.1 Å². The molecule has 5 heteroatoms. The van der Waals surface area contributed by atoms with Crippen LogP contribution in [0.5, 0.6) is 0 Å². The number of pyridine rings is 1. The molecule has 0 radical (unpaired) electrons. The van der Waals surface area contributed by atoms with Crippen LogP contribution < -0.4 is 10.6 Å². The van der Waals surface area contributed by atoms with E-state index in [1.54, 1.807) is 7.05 Å². The quantitative estimate of drug-likeness (QED) is 0.570. The molecule has 2 N–H and O–H groups in total. The van der Waals surface area contributed by atoms with Crippen LogP contribution in [-0.4, -0.2) is 49.6 Å². The van der Waals surface area contributed by atoms with E-state index in [0.29, 0.717) is 18.5 Å². The van der Waals surface area contributed by atoms with E-state index in [0.717, 1.165) is 18.2 Å². The van der Waals surface area contributed by atoms with E-state index < -0.39 is 0 Å². The lowest BCUT2D eigenvalue weighted by Crippen LogP contribution is -2.47. The molecule has 22 heavy (non-hydrogen) atoms. The van der Waals surface area contributed by atoms with Crippen LogP contribution in [0.1, 0.15) is 32.4 Å². The second-order valence-corrected chi connectivity index (χ2v) is 5.74. The maximum atomic E-state index is 4.31. The molecule has 1 aromatic heterocycles. The first-order valence-electron chi connectivity index (χ1n) is 8.13. The number of guanidine groups is 1. The Balaban J connectivity index is 2.51. The fraction of sp³-hybridized carbons (Fsp3) is 0.647. The van der Waals surface area contributed by atoms with Gasteiger partial charge in [-0.25, -0.2) is 0 Å². The van der Waals surface area contributed by atoms with Crippen LogP contribution in [0.2, 0.25) is 0 Å².